The summed E-state index contributed by atoms with van der Waals surface area (Å²) in [6.45, 7) is 33.3. The highest BCUT2D eigenvalue weighted by Crippen LogP contribution is 2.63. The zero-order valence-corrected chi connectivity index (χ0v) is 51.1. The first-order valence-corrected chi connectivity index (χ1v) is 30.3. The molecule has 1 saturated carbocycles. The van der Waals surface area contributed by atoms with Crippen molar-refractivity contribution in [3.05, 3.63) is 216 Å². The summed E-state index contributed by atoms with van der Waals surface area (Å²) in [5.41, 5.74) is 27.0. The summed E-state index contributed by atoms with van der Waals surface area (Å²) >= 11 is 0. The molecule has 0 amide bonds. The number of fused-ring (bicyclic) bond motifs is 7. The van der Waals surface area contributed by atoms with Gasteiger partial charge in [-0.1, -0.05) is 212 Å². The first kappa shape index (κ1) is 53.7. The first-order chi connectivity index (χ1) is 38.9. The van der Waals surface area contributed by atoms with E-state index in [9.17, 15) is 0 Å². The molecule has 4 aliphatic rings. The Morgan fingerprint density at radius 2 is 0.854 bits per heavy atom. The van der Waals surface area contributed by atoms with Crippen LogP contribution in [0.1, 0.15) is 150 Å². The molecule has 1 aliphatic carbocycles. The van der Waals surface area contributed by atoms with Gasteiger partial charge in [-0.15, -0.1) is 0 Å². The van der Waals surface area contributed by atoms with Crippen LogP contribution in [0.5, 0.6) is 0 Å². The number of aromatic nitrogens is 1. The van der Waals surface area contributed by atoms with Crippen molar-refractivity contribution in [1.29, 1.82) is 0 Å². The Hall–Kier alpha value is -7.63. The van der Waals surface area contributed by atoms with Crippen molar-refractivity contribution in [3.63, 3.8) is 0 Å². The molecule has 13 rings (SSSR count). The van der Waals surface area contributed by atoms with Crippen molar-refractivity contribution in [1.82, 2.24) is 4.98 Å². The molecular formula is C77H81BN4. The Bertz CT molecular complexity index is 3770. The lowest BCUT2D eigenvalue weighted by Gasteiger charge is -2.51. The second-order valence-corrected chi connectivity index (χ2v) is 28.9. The maximum atomic E-state index is 4.60. The molecule has 9 aromatic rings. The van der Waals surface area contributed by atoms with Crippen molar-refractivity contribution in [2.75, 3.05) is 14.7 Å². The molecule has 0 spiro atoms. The van der Waals surface area contributed by atoms with Gasteiger partial charge in [0.05, 0.1) is 16.9 Å². The highest BCUT2D eigenvalue weighted by Gasteiger charge is 2.58. The van der Waals surface area contributed by atoms with Crippen LogP contribution in [0.3, 0.4) is 0 Å². The number of benzene rings is 8. The highest BCUT2D eigenvalue weighted by molar-refractivity contribution is 7.00. The van der Waals surface area contributed by atoms with Crippen LogP contribution < -0.4 is 31.1 Å². The summed E-state index contributed by atoms with van der Waals surface area (Å²) in [5, 5.41) is 0. The molecule has 5 heteroatoms. The monoisotopic (exact) mass is 1070 g/mol. The molecule has 1 aromatic heterocycles. The molecule has 3 aliphatic heterocycles. The van der Waals surface area contributed by atoms with Crippen molar-refractivity contribution in [2.24, 2.45) is 0 Å². The Morgan fingerprint density at radius 1 is 0.402 bits per heavy atom. The second kappa shape index (κ2) is 19.0. The summed E-state index contributed by atoms with van der Waals surface area (Å²) in [5.74, 6) is 0. The summed E-state index contributed by atoms with van der Waals surface area (Å²) in [6.07, 6.45) is 8.48. The van der Waals surface area contributed by atoms with Crippen LogP contribution in [0.15, 0.2) is 188 Å². The van der Waals surface area contributed by atoms with Gasteiger partial charge in [-0.05, 0) is 175 Å². The van der Waals surface area contributed by atoms with Gasteiger partial charge in [-0.25, -0.2) is 0 Å². The van der Waals surface area contributed by atoms with E-state index in [4.69, 9.17) is 0 Å². The van der Waals surface area contributed by atoms with Crippen LogP contribution in [0.25, 0.3) is 33.4 Å². The van der Waals surface area contributed by atoms with Crippen molar-refractivity contribution in [3.8, 4) is 33.4 Å². The second-order valence-electron chi connectivity index (χ2n) is 28.9. The number of anilines is 8. The van der Waals surface area contributed by atoms with Crippen LogP contribution in [0.4, 0.5) is 45.5 Å². The number of pyridine rings is 1. The lowest BCUT2D eigenvalue weighted by molar-refractivity contribution is 0.195. The Morgan fingerprint density at radius 3 is 1.33 bits per heavy atom. The van der Waals surface area contributed by atoms with Crippen LogP contribution in [0, 0.1) is 0 Å². The van der Waals surface area contributed by atoms with E-state index in [1.165, 1.54) is 130 Å². The highest BCUT2D eigenvalue weighted by atomic mass is 15.3. The van der Waals surface area contributed by atoms with Gasteiger partial charge in [-0.3, -0.25) is 4.98 Å². The third-order valence-electron chi connectivity index (χ3n) is 19.5. The fourth-order valence-electron chi connectivity index (χ4n) is 14.5. The Balaban J connectivity index is 1.20. The maximum absolute atomic E-state index is 4.60. The lowest BCUT2D eigenvalue weighted by atomic mass is 9.33. The summed E-state index contributed by atoms with van der Waals surface area (Å²) in [7, 11) is 0. The van der Waals surface area contributed by atoms with Crippen LogP contribution in [0.2, 0.25) is 0 Å². The molecule has 1 fully saturated rings. The molecule has 0 N–H and O–H groups in total. The Labute approximate surface area is 490 Å². The third-order valence-corrected chi connectivity index (χ3v) is 19.5. The molecule has 0 radical (unpaired) electrons. The summed E-state index contributed by atoms with van der Waals surface area (Å²) < 4.78 is 0. The SMILES string of the molecule is CC(C)(C)c1ccc(N2c3cc(C(C)(C)C)ccc3B3c4ccc(C(C)(C)C)cc4N(c4ccc(C(C)(C)C)cc4-c4ccccc4)c4cc(N5c6ccc(-c7cccnc7)cc6C6(C)CCCCC56C)cc2c43)c(-c2ccccc2)c1. The quantitative estimate of drug-likeness (QED) is 0.155. The Kier molecular flexibility index (Phi) is 12.4. The van der Waals surface area contributed by atoms with Crippen LogP contribution >= 0.6 is 0 Å². The van der Waals surface area contributed by atoms with Gasteiger partial charge >= 0.3 is 0 Å². The molecular weight excluding hydrogens is 992 g/mol. The van der Waals surface area contributed by atoms with E-state index < -0.39 is 0 Å². The van der Waals surface area contributed by atoms with Gasteiger partial charge in [0.1, 0.15) is 0 Å². The zero-order chi connectivity index (χ0) is 57.5. The fourth-order valence-corrected chi connectivity index (χ4v) is 14.5. The fraction of sp³-hybridized carbons (Fsp3) is 0.312. The van der Waals surface area contributed by atoms with Gasteiger partial charge in [0, 0.05) is 63.1 Å². The van der Waals surface area contributed by atoms with E-state index in [2.05, 4.69) is 293 Å². The molecule has 0 bridgehead atoms. The zero-order valence-electron chi connectivity index (χ0n) is 51.1. The van der Waals surface area contributed by atoms with E-state index in [0.717, 1.165) is 18.4 Å². The minimum atomic E-state index is -0.234. The van der Waals surface area contributed by atoms with Crippen LogP contribution in [-0.2, 0) is 27.1 Å². The number of rotatable bonds is 6. The van der Waals surface area contributed by atoms with E-state index >= 15 is 0 Å². The minimum absolute atomic E-state index is 0.0638. The van der Waals surface area contributed by atoms with Gasteiger partial charge in [-0.2, -0.15) is 0 Å². The molecule has 2 atom stereocenters. The molecule has 8 aromatic carbocycles. The van der Waals surface area contributed by atoms with Gasteiger partial charge in [0.2, 0.25) is 0 Å². The van der Waals surface area contributed by atoms with Crippen LogP contribution in [-0.4, -0.2) is 17.2 Å². The standard InChI is InChI=1S/C77H81BN4/c1-72(2,3)54-32-37-64(59(43-54)50-24-17-15-18-25-50)80-67-45-56(74(7,8)9)30-34-62(67)78-63-35-31-57(75(10,11)12)46-68(63)81(65-38-33-55(73(4,5)6)44-60(65)51-26-19-16-20-27-51)70-48-58(47-69(80)71(70)78)82-66-36-29-52(53-28-23-41-79-49-53)42-61(66)76(13)39-21-22-40-77(76,82)14/h15-20,23-38,41-49H,21-22,39-40H2,1-14H3. The van der Waals surface area contributed by atoms with E-state index in [1.54, 1.807) is 0 Å². The molecule has 82 heavy (non-hydrogen) atoms. The smallest absolute Gasteiger partial charge is 0.252 e. The normalized spacial score (nSPS) is 18.4. The van der Waals surface area contributed by atoms with Crippen molar-refractivity contribution < 1.29 is 0 Å². The number of nitrogens with zero attached hydrogens (tertiary/aromatic N) is 4. The summed E-state index contributed by atoms with van der Waals surface area (Å²) in [6, 6.07) is 68.8. The van der Waals surface area contributed by atoms with Gasteiger partial charge in [0.25, 0.3) is 6.71 Å². The van der Waals surface area contributed by atoms with E-state index in [0.29, 0.717) is 0 Å². The predicted molar refractivity (Wildman–Crippen MR) is 352 cm³/mol. The molecule has 4 nitrogen and oxygen atoms in total. The molecule has 2 unspecified atom stereocenters. The lowest BCUT2D eigenvalue weighted by Crippen LogP contribution is -2.61. The topological polar surface area (TPSA) is 22.6 Å². The van der Waals surface area contributed by atoms with Crippen molar-refractivity contribution >= 4 is 68.6 Å². The first-order valence-electron chi connectivity index (χ1n) is 30.3. The molecule has 0 saturated heterocycles. The number of hydrogen-bond donors (Lipinski definition) is 0. The average molecular weight is 1070 g/mol. The molecule has 412 valence electrons. The number of hydrogen-bond acceptors (Lipinski definition) is 4. The van der Waals surface area contributed by atoms with Gasteiger partial charge in [0.15, 0.2) is 0 Å². The minimum Gasteiger partial charge on any atom is -0.334 e. The molecule has 4 heterocycles. The average Bonchev–Trinajstić information content (AvgIpc) is 1.43. The van der Waals surface area contributed by atoms with Crippen molar-refractivity contribution in [2.45, 2.75) is 155 Å². The maximum Gasteiger partial charge on any atom is 0.252 e. The summed E-state index contributed by atoms with van der Waals surface area (Å²) in [4.78, 5) is 12.8. The largest absolute Gasteiger partial charge is 0.334 e. The van der Waals surface area contributed by atoms with E-state index in [1.807, 2.05) is 12.4 Å². The predicted octanol–water partition coefficient (Wildman–Crippen LogP) is 19.1. The van der Waals surface area contributed by atoms with Gasteiger partial charge < -0.3 is 14.7 Å². The van der Waals surface area contributed by atoms with E-state index in [-0.39, 0.29) is 39.3 Å². The third kappa shape index (κ3) is 8.57.